The van der Waals surface area contributed by atoms with Crippen molar-refractivity contribution in [3.63, 3.8) is 0 Å². The molecule has 0 fully saturated rings. The van der Waals surface area contributed by atoms with Gasteiger partial charge in [0.2, 0.25) is 0 Å². The predicted octanol–water partition coefficient (Wildman–Crippen LogP) is 2.33. The first-order chi connectivity index (χ1) is 9.33. The summed E-state index contributed by atoms with van der Waals surface area (Å²) in [5.74, 6) is 0. The number of rotatable bonds is 7. The van der Waals surface area contributed by atoms with E-state index >= 15 is 0 Å². The van der Waals surface area contributed by atoms with Gasteiger partial charge < -0.3 is 10.1 Å². The summed E-state index contributed by atoms with van der Waals surface area (Å²) < 4.78 is 6.89. The maximum atomic E-state index is 4.99. The second-order valence-corrected chi connectivity index (χ2v) is 5.00. The first kappa shape index (κ1) is 14.1. The van der Waals surface area contributed by atoms with Crippen LogP contribution in [0.25, 0.3) is 5.69 Å². The highest BCUT2D eigenvalue weighted by Crippen LogP contribution is 2.16. The predicted molar refractivity (Wildman–Crippen MR) is 78.9 cm³/mol. The molecule has 0 atom stereocenters. The zero-order valence-corrected chi connectivity index (χ0v) is 12.1. The Morgan fingerprint density at radius 3 is 2.74 bits per heavy atom. The molecular formula is C14H19N3OS. The van der Waals surface area contributed by atoms with Gasteiger partial charge in [0.05, 0.1) is 18.0 Å². The van der Waals surface area contributed by atoms with E-state index in [1.807, 2.05) is 16.9 Å². The Kier molecular flexibility index (Phi) is 5.44. The smallest absolute Gasteiger partial charge is 0.0766 e. The molecular weight excluding hydrogens is 258 g/mol. The molecule has 0 aliphatic heterocycles. The van der Waals surface area contributed by atoms with Crippen molar-refractivity contribution in [2.24, 2.45) is 0 Å². The third-order valence-corrected chi connectivity index (χ3v) is 3.51. The number of nitrogens with one attached hydrogen (secondary N) is 1. The molecule has 1 aromatic carbocycles. The molecule has 0 saturated carbocycles. The normalized spacial score (nSPS) is 10.8. The molecule has 0 unspecified atom stereocenters. The molecule has 2 rings (SSSR count). The lowest BCUT2D eigenvalue weighted by Crippen LogP contribution is -2.18. The largest absolute Gasteiger partial charge is 0.383 e. The van der Waals surface area contributed by atoms with Gasteiger partial charge in [0.15, 0.2) is 0 Å². The fourth-order valence-corrected chi connectivity index (χ4v) is 2.13. The molecule has 19 heavy (non-hydrogen) atoms. The van der Waals surface area contributed by atoms with Gasteiger partial charge in [-0.15, -0.1) is 11.8 Å². The Balaban J connectivity index is 1.95. The van der Waals surface area contributed by atoms with Gasteiger partial charge in [-0.3, -0.25) is 0 Å². The minimum atomic E-state index is 0.719. The number of thioether (sulfide) groups is 1. The van der Waals surface area contributed by atoms with Crippen molar-refractivity contribution in [3.8, 4) is 5.69 Å². The Morgan fingerprint density at radius 1 is 1.26 bits per heavy atom. The first-order valence-electron chi connectivity index (χ1n) is 6.22. The van der Waals surface area contributed by atoms with E-state index < -0.39 is 0 Å². The zero-order chi connectivity index (χ0) is 13.5. The molecule has 102 valence electrons. The van der Waals surface area contributed by atoms with Crippen LogP contribution < -0.4 is 5.32 Å². The van der Waals surface area contributed by atoms with E-state index in [1.54, 1.807) is 18.9 Å². The Bertz CT molecular complexity index is 496. The van der Waals surface area contributed by atoms with Gasteiger partial charge in [-0.1, -0.05) is 0 Å². The van der Waals surface area contributed by atoms with Gasteiger partial charge in [0, 0.05) is 31.3 Å². The lowest BCUT2D eigenvalue weighted by molar-refractivity contribution is 0.199. The number of hydrogen-bond donors (Lipinski definition) is 1. The average molecular weight is 277 g/mol. The van der Waals surface area contributed by atoms with Crippen molar-refractivity contribution in [1.29, 1.82) is 0 Å². The van der Waals surface area contributed by atoms with Gasteiger partial charge in [-0.05, 0) is 36.6 Å². The van der Waals surface area contributed by atoms with Gasteiger partial charge in [0.25, 0.3) is 0 Å². The van der Waals surface area contributed by atoms with Crippen LogP contribution in [0.15, 0.2) is 41.4 Å². The highest BCUT2D eigenvalue weighted by molar-refractivity contribution is 7.98. The fourth-order valence-electron chi connectivity index (χ4n) is 1.73. The summed E-state index contributed by atoms with van der Waals surface area (Å²) in [4.78, 5) is 1.26. The SMILES string of the molecule is COCCNCc1ccn(-c2ccc(SC)cc2)n1. The summed E-state index contributed by atoms with van der Waals surface area (Å²) in [6.07, 6.45) is 4.06. The number of ether oxygens (including phenoxy) is 1. The number of benzene rings is 1. The molecule has 1 heterocycles. The van der Waals surface area contributed by atoms with Crippen LogP contribution in [0.2, 0.25) is 0 Å². The maximum Gasteiger partial charge on any atom is 0.0766 e. The molecule has 1 N–H and O–H groups in total. The highest BCUT2D eigenvalue weighted by Gasteiger charge is 2.01. The fraction of sp³-hybridized carbons (Fsp3) is 0.357. The van der Waals surface area contributed by atoms with Crippen LogP contribution >= 0.6 is 11.8 Å². The Hall–Kier alpha value is -1.30. The Labute approximate surface area is 118 Å². The third kappa shape index (κ3) is 4.09. The molecule has 5 heteroatoms. The molecule has 0 spiro atoms. The maximum absolute atomic E-state index is 4.99. The highest BCUT2D eigenvalue weighted by atomic mass is 32.2. The minimum absolute atomic E-state index is 0.719. The molecule has 0 radical (unpaired) electrons. The van der Waals surface area contributed by atoms with Gasteiger partial charge in [-0.25, -0.2) is 4.68 Å². The topological polar surface area (TPSA) is 39.1 Å². The van der Waals surface area contributed by atoms with Crippen LogP contribution in [0.5, 0.6) is 0 Å². The van der Waals surface area contributed by atoms with E-state index in [0.29, 0.717) is 0 Å². The van der Waals surface area contributed by atoms with E-state index in [2.05, 4.69) is 40.9 Å². The lowest BCUT2D eigenvalue weighted by atomic mass is 10.3. The minimum Gasteiger partial charge on any atom is -0.383 e. The monoisotopic (exact) mass is 277 g/mol. The van der Waals surface area contributed by atoms with E-state index in [9.17, 15) is 0 Å². The summed E-state index contributed by atoms with van der Waals surface area (Å²) in [7, 11) is 1.70. The first-order valence-corrected chi connectivity index (χ1v) is 7.44. The van der Waals surface area contributed by atoms with Crippen molar-refractivity contribution in [3.05, 3.63) is 42.2 Å². The molecule has 0 bridgehead atoms. The summed E-state index contributed by atoms with van der Waals surface area (Å²) in [5, 5.41) is 7.82. The number of nitrogens with zero attached hydrogens (tertiary/aromatic N) is 2. The molecule has 0 amide bonds. The second kappa shape index (κ2) is 7.33. The van der Waals surface area contributed by atoms with Crippen molar-refractivity contribution in [2.75, 3.05) is 26.5 Å². The molecule has 2 aromatic rings. The molecule has 4 nitrogen and oxygen atoms in total. The standard InChI is InChI=1S/C14H19N3OS/c1-18-10-8-15-11-12-7-9-17(16-12)13-3-5-14(19-2)6-4-13/h3-7,9,15H,8,10-11H2,1-2H3. The number of aromatic nitrogens is 2. The average Bonchev–Trinajstić information content (AvgIpc) is 2.92. The number of methoxy groups -OCH3 is 1. The zero-order valence-electron chi connectivity index (χ0n) is 11.3. The second-order valence-electron chi connectivity index (χ2n) is 4.12. The van der Waals surface area contributed by atoms with E-state index in [0.717, 1.165) is 31.1 Å². The van der Waals surface area contributed by atoms with Crippen molar-refractivity contribution >= 4 is 11.8 Å². The van der Waals surface area contributed by atoms with E-state index in [1.165, 1.54) is 4.90 Å². The molecule has 1 aromatic heterocycles. The molecule has 0 aliphatic rings. The van der Waals surface area contributed by atoms with Crippen LogP contribution in [0.4, 0.5) is 0 Å². The van der Waals surface area contributed by atoms with Crippen LogP contribution in [0, 0.1) is 0 Å². The summed E-state index contributed by atoms with van der Waals surface area (Å²) in [5.41, 5.74) is 2.12. The van der Waals surface area contributed by atoms with Crippen molar-refractivity contribution < 1.29 is 4.74 Å². The van der Waals surface area contributed by atoms with E-state index in [4.69, 9.17) is 4.74 Å². The van der Waals surface area contributed by atoms with Gasteiger partial charge in [0.1, 0.15) is 0 Å². The lowest BCUT2D eigenvalue weighted by Gasteiger charge is -2.03. The summed E-state index contributed by atoms with van der Waals surface area (Å²) >= 11 is 1.74. The van der Waals surface area contributed by atoms with Crippen LogP contribution in [-0.2, 0) is 11.3 Å². The van der Waals surface area contributed by atoms with Crippen LogP contribution in [-0.4, -0.2) is 36.3 Å². The Morgan fingerprint density at radius 2 is 2.05 bits per heavy atom. The molecule has 0 saturated heterocycles. The quantitative estimate of drug-likeness (QED) is 0.623. The van der Waals surface area contributed by atoms with Crippen molar-refractivity contribution in [2.45, 2.75) is 11.4 Å². The summed E-state index contributed by atoms with van der Waals surface area (Å²) in [6, 6.07) is 10.4. The molecule has 0 aliphatic carbocycles. The van der Waals surface area contributed by atoms with Crippen LogP contribution in [0.1, 0.15) is 5.69 Å². The third-order valence-electron chi connectivity index (χ3n) is 2.77. The van der Waals surface area contributed by atoms with Crippen LogP contribution in [0.3, 0.4) is 0 Å². The number of hydrogen-bond acceptors (Lipinski definition) is 4. The van der Waals surface area contributed by atoms with Gasteiger partial charge in [-0.2, -0.15) is 5.10 Å². The summed E-state index contributed by atoms with van der Waals surface area (Å²) in [6.45, 7) is 2.32. The van der Waals surface area contributed by atoms with E-state index in [-0.39, 0.29) is 0 Å². The van der Waals surface area contributed by atoms with Gasteiger partial charge >= 0.3 is 0 Å². The van der Waals surface area contributed by atoms with Crippen molar-refractivity contribution in [1.82, 2.24) is 15.1 Å².